The highest BCUT2D eigenvalue weighted by molar-refractivity contribution is 9.10. The second kappa shape index (κ2) is 4.13. The van der Waals surface area contributed by atoms with E-state index in [1.165, 1.54) is 0 Å². The van der Waals surface area contributed by atoms with Crippen molar-refractivity contribution in [3.63, 3.8) is 0 Å². The molecule has 1 aromatic carbocycles. The number of amides is 1. The molecule has 2 rings (SSSR count). The molecule has 0 aliphatic carbocycles. The minimum absolute atomic E-state index is 0.260. The summed E-state index contributed by atoms with van der Waals surface area (Å²) in [6.45, 7) is -0.154. The lowest BCUT2D eigenvalue weighted by molar-refractivity contribution is -0.307. The molecule has 0 atom stereocenters. The van der Waals surface area contributed by atoms with Gasteiger partial charge < -0.3 is 20.0 Å². The van der Waals surface area contributed by atoms with Crippen molar-refractivity contribution < 1.29 is 19.4 Å². The molecule has 0 radical (unpaired) electrons. The number of carbonyl (C=O) groups excluding carboxylic acids is 2. The van der Waals surface area contributed by atoms with Crippen LogP contribution in [-0.2, 0) is 11.3 Å². The number of nitrogens with one attached hydrogen (secondary N) is 1. The average Bonchev–Trinajstić information content (AvgIpc) is 2.61. The highest BCUT2D eigenvalue weighted by Crippen LogP contribution is 2.32. The summed E-state index contributed by atoms with van der Waals surface area (Å²) in [5.74, 6) is -1.32. The molecule has 1 aromatic rings. The second-order valence-corrected chi connectivity index (χ2v) is 4.10. The number of rotatable bonds is 3. The summed E-state index contributed by atoms with van der Waals surface area (Å²) in [4.78, 5) is 21.8. The van der Waals surface area contributed by atoms with Crippen LogP contribution in [0.1, 0.15) is 15.9 Å². The fourth-order valence-electron chi connectivity index (χ4n) is 1.54. The molecule has 16 heavy (non-hydrogen) atoms. The minimum atomic E-state index is -1.32. The molecule has 1 N–H and O–H groups in total. The predicted octanol–water partition coefficient (Wildman–Crippen LogP) is -0.179. The van der Waals surface area contributed by atoms with Crippen molar-refractivity contribution in [2.24, 2.45) is 0 Å². The van der Waals surface area contributed by atoms with E-state index in [1.54, 1.807) is 12.1 Å². The van der Waals surface area contributed by atoms with Gasteiger partial charge >= 0.3 is 0 Å². The average molecular weight is 285 g/mol. The molecule has 0 fully saturated rings. The molecule has 1 heterocycles. The normalized spacial score (nSPS) is 13.2. The molecule has 1 aliphatic heterocycles. The summed E-state index contributed by atoms with van der Waals surface area (Å²) >= 11 is 3.31. The van der Waals surface area contributed by atoms with Crippen LogP contribution in [0.3, 0.4) is 0 Å². The Labute approximate surface area is 99.5 Å². The van der Waals surface area contributed by atoms with Crippen LogP contribution >= 0.6 is 15.9 Å². The fraction of sp³-hybridized carbons (Fsp3) is 0.200. The number of benzene rings is 1. The zero-order valence-corrected chi connectivity index (χ0v) is 9.67. The quantitative estimate of drug-likeness (QED) is 0.835. The van der Waals surface area contributed by atoms with Gasteiger partial charge in [0.25, 0.3) is 5.91 Å². The Balaban J connectivity index is 2.36. The maximum Gasteiger partial charge on any atom is 0.255 e. The maximum atomic E-state index is 11.5. The van der Waals surface area contributed by atoms with Gasteiger partial charge in [0.1, 0.15) is 12.4 Å². The van der Waals surface area contributed by atoms with Gasteiger partial charge in [-0.15, -0.1) is 0 Å². The van der Waals surface area contributed by atoms with Gasteiger partial charge in [-0.1, -0.05) is 15.9 Å². The molecule has 0 spiro atoms. The van der Waals surface area contributed by atoms with E-state index >= 15 is 0 Å². The molecule has 0 bridgehead atoms. The number of fused-ring (bicyclic) bond motifs is 1. The first kappa shape index (κ1) is 10.9. The smallest absolute Gasteiger partial charge is 0.255 e. The van der Waals surface area contributed by atoms with Crippen molar-refractivity contribution in [2.75, 3.05) is 6.61 Å². The standard InChI is InChI=1S/C10H8BrNO4/c11-6-1-2-7(16-4-8(13)14)9-5(6)3-12-10(9)15/h1-2H,3-4H2,(H,12,15)(H,13,14)/p-1. The van der Waals surface area contributed by atoms with Crippen molar-refractivity contribution in [3.8, 4) is 5.75 Å². The molecular formula is C10H7BrNO4-. The van der Waals surface area contributed by atoms with Crippen molar-refractivity contribution in [1.29, 1.82) is 0 Å². The molecule has 0 saturated carbocycles. The summed E-state index contributed by atoms with van der Waals surface area (Å²) in [6, 6.07) is 3.26. The largest absolute Gasteiger partial charge is 0.546 e. The van der Waals surface area contributed by atoms with E-state index < -0.39 is 12.6 Å². The van der Waals surface area contributed by atoms with E-state index in [-0.39, 0.29) is 11.7 Å². The van der Waals surface area contributed by atoms with Gasteiger partial charge in [0.2, 0.25) is 0 Å². The lowest BCUT2D eigenvalue weighted by atomic mass is 10.1. The van der Waals surface area contributed by atoms with Crippen molar-refractivity contribution >= 4 is 27.8 Å². The SMILES string of the molecule is O=C([O-])COc1ccc(Br)c2c1C(=O)NC2. The highest BCUT2D eigenvalue weighted by atomic mass is 79.9. The third-order valence-electron chi connectivity index (χ3n) is 2.22. The van der Waals surface area contributed by atoms with Gasteiger partial charge in [0.15, 0.2) is 0 Å². The van der Waals surface area contributed by atoms with E-state index in [2.05, 4.69) is 21.2 Å². The monoisotopic (exact) mass is 284 g/mol. The summed E-state index contributed by atoms with van der Waals surface area (Å²) in [5.41, 5.74) is 1.16. The van der Waals surface area contributed by atoms with Gasteiger partial charge in [-0.05, 0) is 12.1 Å². The number of aliphatic carboxylic acids is 1. The zero-order chi connectivity index (χ0) is 11.7. The van der Waals surface area contributed by atoms with Crippen LogP contribution in [-0.4, -0.2) is 18.5 Å². The molecule has 0 saturated heterocycles. The number of hydrogen-bond donors (Lipinski definition) is 1. The van der Waals surface area contributed by atoms with Crippen LogP contribution in [0.2, 0.25) is 0 Å². The molecule has 0 aromatic heterocycles. The van der Waals surface area contributed by atoms with E-state index in [1.807, 2.05) is 0 Å². The van der Waals surface area contributed by atoms with Crippen molar-refractivity contribution in [1.82, 2.24) is 5.32 Å². The Hall–Kier alpha value is -1.56. The Morgan fingerprint density at radius 3 is 3.00 bits per heavy atom. The fourth-order valence-corrected chi connectivity index (χ4v) is 2.01. The van der Waals surface area contributed by atoms with E-state index in [4.69, 9.17) is 4.74 Å². The van der Waals surface area contributed by atoms with Crippen LogP contribution < -0.4 is 15.2 Å². The lowest BCUT2D eigenvalue weighted by Gasteiger charge is -2.10. The second-order valence-electron chi connectivity index (χ2n) is 3.24. The Kier molecular flexibility index (Phi) is 2.82. The van der Waals surface area contributed by atoms with Gasteiger partial charge in [0, 0.05) is 16.6 Å². The van der Waals surface area contributed by atoms with Crippen molar-refractivity contribution in [3.05, 3.63) is 27.7 Å². The topological polar surface area (TPSA) is 78.5 Å². The first-order valence-corrected chi connectivity index (χ1v) is 5.31. The first-order chi connectivity index (χ1) is 7.59. The van der Waals surface area contributed by atoms with Crippen LogP contribution in [0.5, 0.6) is 5.75 Å². The molecule has 1 aliphatic rings. The maximum absolute atomic E-state index is 11.5. The van der Waals surface area contributed by atoms with Crippen molar-refractivity contribution in [2.45, 2.75) is 6.54 Å². The van der Waals surface area contributed by atoms with Crippen LogP contribution in [0.4, 0.5) is 0 Å². The third-order valence-corrected chi connectivity index (χ3v) is 2.96. The molecular weight excluding hydrogens is 278 g/mol. The van der Waals surface area contributed by atoms with E-state index in [0.717, 1.165) is 10.0 Å². The van der Waals surface area contributed by atoms with Crippen LogP contribution in [0, 0.1) is 0 Å². The third kappa shape index (κ3) is 1.88. The Bertz CT molecular complexity index is 472. The van der Waals surface area contributed by atoms with Gasteiger partial charge in [-0.2, -0.15) is 0 Å². The molecule has 84 valence electrons. The highest BCUT2D eigenvalue weighted by Gasteiger charge is 2.25. The summed E-state index contributed by atoms with van der Waals surface area (Å²) in [5, 5.41) is 12.9. The Morgan fingerprint density at radius 1 is 1.56 bits per heavy atom. The number of carbonyl (C=O) groups is 2. The minimum Gasteiger partial charge on any atom is -0.546 e. The number of hydrogen-bond acceptors (Lipinski definition) is 4. The lowest BCUT2D eigenvalue weighted by Crippen LogP contribution is -2.29. The number of carboxylic acid groups (broad SMARTS) is 1. The summed E-state index contributed by atoms with van der Waals surface area (Å²) in [6.07, 6.45) is 0. The molecule has 1 amide bonds. The molecule has 6 heteroatoms. The number of carboxylic acids is 1. The number of halogens is 1. The van der Waals surface area contributed by atoms with Crippen LogP contribution in [0.15, 0.2) is 16.6 Å². The molecule has 5 nitrogen and oxygen atoms in total. The zero-order valence-electron chi connectivity index (χ0n) is 8.08. The first-order valence-electron chi connectivity index (χ1n) is 4.52. The number of ether oxygens (including phenoxy) is 1. The predicted molar refractivity (Wildman–Crippen MR) is 55.8 cm³/mol. The summed E-state index contributed by atoms with van der Waals surface area (Å²) < 4.78 is 5.79. The Morgan fingerprint density at radius 2 is 2.31 bits per heavy atom. The summed E-state index contributed by atoms with van der Waals surface area (Å²) in [7, 11) is 0. The van der Waals surface area contributed by atoms with Gasteiger partial charge in [-0.3, -0.25) is 4.79 Å². The van der Waals surface area contributed by atoms with Gasteiger partial charge in [-0.25, -0.2) is 0 Å². The molecule has 0 unspecified atom stereocenters. The van der Waals surface area contributed by atoms with E-state index in [9.17, 15) is 14.7 Å². The van der Waals surface area contributed by atoms with Gasteiger partial charge in [0.05, 0.1) is 11.5 Å². The van der Waals surface area contributed by atoms with Crippen LogP contribution in [0.25, 0.3) is 0 Å². The van der Waals surface area contributed by atoms with E-state index in [0.29, 0.717) is 12.1 Å².